The Kier molecular flexibility index (Phi) is 7.16. The minimum atomic E-state index is -4.13. The van der Waals surface area contributed by atoms with Crippen molar-refractivity contribution < 1.29 is 27.8 Å². The van der Waals surface area contributed by atoms with Crippen molar-refractivity contribution in [3.8, 4) is 5.75 Å². The van der Waals surface area contributed by atoms with Gasteiger partial charge in [-0.3, -0.25) is 9.69 Å². The molecule has 0 radical (unpaired) electrons. The Morgan fingerprint density at radius 1 is 1.06 bits per heavy atom. The normalized spacial score (nSPS) is 30.2. The third kappa shape index (κ3) is 5.06. The van der Waals surface area contributed by atoms with Crippen LogP contribution in [0.25, 0.3) is 10.8 Å². The van der Waals surface area contributed by atoms with E-state index in [9.17, 15) is 23.1 Å². The average Bonchev–Trinajstić information content (AvgIpc) is 2.84. The summed E-state index contributed by atoms with van der Waals surface area (Å²) in [7, 11) is 0. The number of aliphatic carboxylic acids is 1. The minimum Gasteiger partial charge on any atom is -0.489 e. The monoisotopic (exact) mass is 523 g/mol. The van der Waals surface area contributed by atoms with E-state index in [1.54, 1.807) is 0 Å². The summed E-state index contributed by atoms with van der Waals surface area (Å²) in [6, 6.07) is 10.7. The highest BCUT2D eigenvalue weighted by atomic mass is 35.5. The maximum absolute atomic E-state index is 13.0. The number of fused-ring (bicyclic) bond motifs is 3. The number of carboxylic acid groups (broad SMARTS) is 1. The molecule has 1 N–H and O–H groups in total. The number of alkyl halides is 3. The second-order valence-corrected chi connectivity index (χ2v) is 11.2. The first kappa shape index (κ1) is 25.7. The number of hydrogen-bond donors (Lipinski definition) is 1. The molecule has 2 unspecified atom stereocenters. The van der Waals surface area contributed by atoms with E-state index in [2.05, 4.69) is 24.0 Å². The van der Waals surface area contributed by atoms with Crippen LogP contribution in [0.5, 0.6) is 5.75 Å². The van der Waals surface area contributed by atoms with E-state index in [1.165, 1.54) is 5.56 Å². The summed E-state index contributed by atoms with van der Waals surface area (Å²) in [5.41, 5.74) is 1.17. The standard InChI is InChI=1S/C28H33ClF3NO3/c1-16(33-21-3-2-4-22(33)15-19(14-21)27(34)35)17-5-11-24-18(13-17)6-12-25(26(24)29)36-23-9-7-20(8-10-23)28(30,31)32/h5-6,11-13,16,19-23H,2-4,7-10,14-15H2,1H3,(H,34,35)/t16-,19?,20-,21?,22?,23+/m1/s1. The van der Waals surface area contributed by atoms with Gasteiger partial charge in [-0.2, -0.15) is 13.2 Å². The molecule has 196 valence electrons. The molecule has 2 aliphatic heterocycles. The van der Waals surface area contributed by atoms with Crippen LogP contribution in [0.3, 0.4) is 0 Å². The molecular weight excluding hydrogens is 491 g/mol. The number of nitrogens with zero attached hydrogens (tertiary/aromatic N) is 1. The Hall–Kier alpha value is -1.99. The van der Waals surface area contributed by atoms with Crippen molar-refractivity contribution >= 4 is 28.3 Å². The van der Waals surface area contributed by atoms with Crippen LogP contribution in [-0.2, 0) is 4.79 Å². The molecule has 1 aliphatic carbocycles. The molecular formula is C28H33ClF3NO3. The fraction of sp³-hybridized carbons (Fsp3) is 0.607. The highest BCUT2D eigenvalue weighted by Gasteiger charge is 2.43. The summed E-state index contributed by atoms with van der Waals surface area (Å²) in [6.45, 7) is 2.20. The van der Waals surface area contributed by atoms with E-state index in [0.717, 1.165) is 30.0 Å². The van der Waals surface area contributed by atoms with Crippen molar-refractivity contribution in [3.05, 3.63) is 40.9 Å². The molecule has 3 aliphatic rings. The van der Waals surface area contributed by atoms with Gasteiger partial charge in [0, 0.05) is 23.5 Å². The van der Waals surface area contributed by atoms with Crippen molar-refractivity contribution in [2.45, 2.75) is 95.1 Å². The van der Waals surface area contributed by atoms with Crippen molar-refractivity contribution in [3.63, 3.8) is 0 Å². The molecule has 0 aromatic heterocycles. The van der Waals surface area contributed by atoms with Crippen molar-refractivity contribution in [2.24, 2.45) is 11.8 Å². The lowest BCUT2D eigenvalue weighted by molar-refractivity contribution is -0.185. The maximum atomic E-state index is 13.0. The molecule has 0 amide bonds. The summed E-state index contributed by atoms with van der Waals surface area (Å²) in [5.74, 6) is -1.64. The molecule has 4 nitrogen and oxygen atoms in total. The van der Waals surface area contributed by atoms with Crippen LogP contribution in [0.2, 0.25) is 5.02 Å². The fourth-order valence-electron chi connectivity index (χ4n) is 6.75. The zero-order valence-electron chi connectivity index (χ0n) is 20.4. The first-order valence-electron chi connectivity index (χ1n) is 13.1. The van der Waals surface area contributed by atoms with E-state index in [-0.39, 0.29) is 43.0 Å². The molecule has 3 fully saturated rings. The highest BCUT2D eigenvalue weighted by molar-refractivity contribution is 6.37. The van der Waals surface area contributed by atoms with Gasteiger partial charge in [0.1, 0.15) is 5.75 Å². The number of halogens is 4. The minimum absolute atomic E-state index is 0.0896. The van der Waals surface area contributed by atoms with Crippen LogP contribution in [0, 0.1) is 11.8 Å². The van der Waals surface area contributed by atoms with E-state index in [4.69, 9.17) is 16.3 Å². The SMILES string of the molecule is C[C@H](c1ccc2c(Cl)c(O[C@H]3CC[C@@H](C(F)(F)F)CC3)ccc2c1)N1C2CCCC1CC(C(=O)O)C2. The van der Waals surface area contributed by atoms with Crippen molar-refractivity contribution in [2.75, 3.05) is 0 Å². The number of hydrogen-bond acceptors (Lipinski definition) is 3. The molecule has 36 heavy (non-hydrogen) atoms. The number of rotatable bonds is 5. The third-order valence-electron chi connectivity index (χ3n) is 8.68. The Bertz CT molecular complexity index is 1100. The lowest BCUT2D eigenvalue weighted by Crippen LogP contribution is -2.53. The summed E-state index contributed by atoms with van der Waals surface area (Å²) in [6.07, 6.45) is 1.17. The predicted octanol–water partition coefficient (Wildman–Crippen LogP) is 7.77. The first-order valence-corrected chi connectivity index (χ1v) is 13.5. The summed E-state index contributed by atoms with van der Waals surface area (Å²) < 4.78 is 45.0. The van der Waals surface area contributed by atoms with E-state index >= 15 is 0 Å². The van der Waals surface area contributed by atoms with Crippen LogP contribution in [0.15, 0.2) is 30.3 Å². The van der Waals surface area contributed by atoms with Crippen LogP contribution in [0.4, 0.5) is 13.2 Å². The zero-order chi connectivity index (χ0) is 25.6. The smallest absolute Gasteiger partial charge is 0.391 e. The van der Waals surface area contributed by atoms with Crippen LogP contribution >= 0.6 is 11.6 Å². The van der Waals surface area contributed by atoms with E-state index in [1.807, 2.05) is 18.2 Å². The van der Waals surface area contributed by atoms with Gasteiger partial charge in [0.2, 0.25) is 0 Å². The van der Waals surface area contributed by atoms with Gasteiger partial charge in [-0.15, -0.1) is 0 Å². The highest BCUT2D eigenvalue weighted by Crippen LogP contribution is 2.44. The largest absolute Gasteiger partial charge is 0.489 e. The fourth-order valence-corrected chi connectivity index (χ4v) is 7.03. The predicted molar refractivity (Wildman–Crippen MR) is 133 cm³/mol. The molecule has 2 saturated heterocycles. The van der Waals surface area contributed by atoms with Crippen LogP contribution < -0.4 is 4.74 Å². The number of ether oxygens (including phenoxy) is 1. The topological polar surface area (TPSA) is 49.8 Å². The van der Waals surface area contributed by atoms with Crippen molar-refractivity contribution in [1.29, 1.82) is 0 Å². The Balaban J connectivity index is 1.31. The molecule has 2 aromatic rings. The molecule has 2 heterocycles. The van der Waals surface area contributed by atoms with Gasteiger partial charge in [0.15, 0.2) is 0 Å². The van der Waals surface area contributed by atoms with Gasteiger partial charge in [-0.1, -0.05) is 36.2 Å². The van der Waals surface area contributed by atoms with Crippen LogP contribution in [-0.4, -0.2) is 40.3 Å². The van der Waals surface area contributed by atoms with Gasteiger partial charge < -0.3 is 9.84 Å². The second-order valence-electron chi connectivity index (χ2n) is 10.9. The first-order chi connectivity index (χ1) is 17.1. The number of piperidine rings is 2. The molecule has 5 rings (SSSR count). The molecule has 2 bridgehead atoms. The van der Waals surface area contributed by atoms with E-state index < -0.39 is 18.1 Å². The number of benzene rings is 2. The molecule has 8 heteroatoms. The van der Waals surface area contributed by atoms with E-state index in [0.29, 0.717) is 36.5 Å². The molecule has 0 spiro atoms. The van der Waals surface area contributed by atoms with Gasteiger partial charge >= 0.3 is 12.1 Å². The summed E-state index contributed by atoms with van der Waals surface area (Å²) in [4.78, 5) is 14.2. The third-order valence-corrected chi connectivity index (χ3v) is 9.07. The number of carbonyl (C=O) groups is 1. The van der Waals surface area contributed by atoms with Gasteiger partial charge in [-0.25, -0.2) is 0 Å². The lowest BCUT2D eigenvalue weighted by atomic mass is 9.77. The summed E-state index contributed by atoms with van der Waals surface area (Å²) in [5, 5.41) is 11.9. The van der Waals surface area contributed by atoms with Gasteiger partial charge in [0.25, 0.3) is 0 Å². The molecule has 2 aromatic carbocycles. The molecule has 3 atom stereocenters. The Morgan fingerprint density at radius 2 is 1.72 bits per heavy atom. The zero-order valence-corrected chi connectivity index (χ0v) is 21.2. The van der Waals surface area contributed by atoms with Gasteiger partial charge in [0.05, 0.1) is 23.0 Å². The lowest BCUT2D eigenvalue weighted by Gasteiger charge is -2.51. The quantitative estimate of drug-likeness (QED) is 0.435. The average molecular weight is 524 g/mol. The van der Waals surface area contributed by atoms with Gasteiger partial charge in [-0.05, 0) is 81.4 Å². The van der Waals surface area contributed by atoms with Crippen LogP contribution in [0.1, 0.15) is 76.3 Å². The number of carboxylic acids is 1. The molecule has 1 saturated carbocycles. The maximum Gasteiger partial charge on any atom is 0.391 e. The Labute approximate surface area is 214 Å². The van der Waals surface area contributed by atoms with Crippen molar-refractivity contribution in [1.82, 2.24) is 4.90 Å². The Morgan fingerprint density at radius 3 is 2.33 bits per heavy atom. The second kappa shape index (κ2) is 10.1. The summed E-state index contributed by atoms with van der Waals surface area (Å²) >= 11 is 6.70.